The molecule has 5 heteroatoms. The van der Waals surface area contributed by atoms with Crippen molar-refractivity contribution in [1.82, 2.24) is 15.8 Å². The molecule has 1 heterocycles. The Morgan fingerprint density at radius 3 is 1.92 bits per heavy atom. The zero-order valence-corrected chi connectivity index (χ0v) is 22.1. The zero-order chi connectivity index (χ0) is 25.3. The van der Waals surface area contributed by atoms with E-state index in [1.807, 2.05) is 12.1 Å². The maximum atomic E-state index is 6.07. The first-order valence-electron chi connectivity index (χ1n) is 13.3. The van der Waals surface area contributed by atoms with Crippen molar-refractivity contribution >= 4 is 0 Å². The van der Waals surface area contributed by atoms with Crippen LogP contribution in [0.4, 0.5) is 0 Å². The van der Waals surface area contributed by atoms with Gasteiger partial charge in [0.2, 0.25) is 0 Å². The van der Waals surface area contributed by atoms with Gasteiger partial charge in [0, 0.05) is 36.8 Å². The van der Waals surface area contributed by atoms with Crippen LogP contribution in [-0.4, -0.2) is 29.8 Å². The highest BCUT2D eigenvalue weighted by Gasteiger charge is 2.32. The molecule has 0 aromatic heterocycles. The Balaban J connectivity index is 1.51. The van der Waals surface area contributed by atoms with Crippen LogP contribution in [0.5, 0.6) is 11.5 Å². The Hall–Kier alpha value is -2.86. The van der Waals surface area contributed by atoms with Gasteiger partial charge in [-0.25, -0.2) is 5.01 Å². The van der Waals surface area contributed by atoms with Crippen LogP contribution in [0, 0.1) is 0 Å². The van der Waals surface area contributed by atoms with E-state index in [9.17, 15) is 0 Å². The lowest BCUT2D eigenvalue weighted by Crippen LogP contribution is -2.53. The van der Waals surface area contributed by atoms with Gasteiger partial charge in [-0.15, -0.1) is 0 Å². The van der Waals surface area contributed by atoms with Crippen LogP contribution < -0.4 is 20.2 Å². The Morgan fingerprint density at radius 2 is 1.31 bits per heavy atom. The number of rotatable bonds is 11. The highest BCUT2D eigenvalue weighted by Crippen LogP contribution is 2.31. The Morgan fingerprint density at radius 1 is 0.750 bits per heavy atom. The van der Waals surface area contributed by atoms with Crippen LogP contribution in [0.2, 0.25) is 0 Å². The summed E-state index contributed by atoms with van der Waals surface area (Å²) in [5, 5.41) is 6.30. The van der Waals surface area contributed by atoms with Gasteiger partial charge in [-0.05, 0) is 58.2 Å². The van der Waals surface area contributed by atoms with Crippen LogP contribution in [-0.2, 0) is 13.1 Å². The summed E-state index contributed by atoms with van der Waals surface area (Å²) >= 11 is 0. The van der Waals surface area contributed by atoms with E-state index in [2.05, 4.69) is 110 Å². The number of piperidine rings is 1. The van der Waals surface area contributed by atoms with Gasteiger partial charge in [0.15, 0.2) is 0 Å². The van der Waals surface area contributed by atoms with Crippen molar-refractivity contribution in [3.8, 4) is 11.5 Å². The monoisotopic (exact) mass is 487 g/mol. The zero-order valence-electron chi connectivity index (χ0n) is 22.1. The lowest BCUT2D eigenvalue weighted by atomic mass is 9.91. The van der Waals surface area contributed by atoms with E-state index in [1.165, 1.54) is 16.7 Å². The molecule has 192 valence electrons. The topological polar surface area (TPSA) is 45.8 Å². The fraction of sp³-hybridized carbons (Fsp3) is 0.419. The second-order valence-electron chi connectivity index (χ2n) is 10.1. The molecule has 0 amide bonds. The largest absolute Gasteiger partial charge is 0.491 e. The molecule has 1 saturated heterocycles. The molecule has 0 aliphatic carbocycles. The van der Waals surface area contributed by atoms with E-state index in [1.54, 1.807) is 0 Å². The van der Waals surface area contributed by atoms with Crippen molar-refractivity contribution < 1.29 is 9.47 Å². The van der Waals surface area contributed by atoms with E-state index in [4.69, 9.17) is 9.47 Å². The number of hydrazine groups is 1. The second-order valence-corrected chi connectivity index (χ2v) is 10.1. The molecule has 0 unspecified atom stereocenters. The average Bonchev–Trinajstić information content (AvgIpc) is 2.87. The van der Waals surface area contributed by atoms with E-state index < -0.39 is 0 Å². The summed E-state index contributed by atoms with van der Waals surface area (Å²) in [5.41, 5.74) is 7.45. The predicted octanol–water partition coefficient (Wildman–Crippen LogP) is 6.26. The molecule has 0 radical (unpaired) electrons. The minimum absolute atomic E-state index is 0.148. The van der Waals surface area contributed by atoms with Crippen LogP contribution >= 0.6 is 0 Å². The first kappa shape index (κ1) is 26.2. The van der Waals surface area contributed by atoms with Crippen molar-refractivity contribution in [2.75, 3.05) is 6.54 Å². The molecule has 36 heavy (non-hydrogen) atoms. The highest BCUT2D eigenvalue weighted by atomic mass is 16.5. The first-order chi connectivity index (χ1) is 17.5. The summed E-state index contributed by atoms with van der Waals surface area (Å²) in [7, 11) is 0. The van der Waals surface area contributed by atoms with Crippen LogP contribution in [0.3, 0.4) is 0 Å². The molecular formula is C31H41N3O2. The molecule has 1 fully saturated rings. The molecule has 3 aromatic carbocycles. The molecular weight excluding hydrogens is 446 g/mol. The summed E-state index contributed by atoms with van der Waals surface area (Å²) in [5.74, 6) is 1.91. The Labute approximate surface area is 216 Å². The Kier molecular flexibility index (Phi) is 9.40. The van der Waals surface area contributed by atoms with Crippen molar-refractivity contribution in [1.29, 1.82) is 0 Å². The minimum Gasteiger partial charge on any atom is -0.491 e. The SMILES string of the molecule is CC(C)Oc1ccccc1CN[C@@H]1CCCN(NCc2ccccc2OC(C)C)[C@@H]1c1ccccc1. The molecule has 2 atom stereocenters. The fourth-order valence-electron chi connectivity index (χ4n) is 4.91. The molecule has 0 saturated carbocycles. The van der Waals surface area contributed by atoms with Gasteiger partial charge >= 0.3 is 0 Å². The molecule has 4 rings (SSSR count). The molecule has 2 N–H and O–H groups in total. The summed E-state index contributed by atoms with van der Waals surface area (Å²) in [6, 6.07) is 28.0. The third-order valence-electron chi connectivity index (χ3n) is 6.47. The lowest BCUT2D eigenvalue weighted by Gasteiger charge is -2.42. The maximum Gasteiger partial charge on any atom is 0.124 e. The van der Waals surface area contributed by atoms with E-state index in [0.717, 1.165) is 44.0 Å². The maximum absolute atomic E-state index is 6.07. The van der Waals surface area contributed by atoms with Crippen molar-refractivity contribution in [2.45, 2.75) is 77.9 Å². The summed E-state index contributed by atoms with van der Waals surface area (Å²) in [6.07, 6.45) is 2.55. The first-order valence-corrected chi connectivity index (χ1v) is 13.3. The highest BCUT2D eigenvalue weighted by molar-refractivity contribution is 5.34. The number of nitrogens with one attached hydrogen (secondary N) is 2. The quantitative estimate of drug-likeness (QED) is 0.334. The lowest BCUT2D eigenvalue weighted by molar-refractivity contribution is 0.0544. The number of nitrogens with zero attached hydrogens (tertiary/aromatic N) is 1. The van der Waals surface area contributed by atoms with Gasteiger partial charge < -0.3 is 14.8 Å². The van der Waals surface area contributed by atoms with Gasteiger partial charge in [-0.1, -0.05) is 66.7 Å². The molecule has 1 aliphatic heterocycles. The molecule has 5 nitrogen and oxygen atoms in total. The summed E-state index contributed by atoms with van der Waals surface area (Å²) < 4.78 is 12.1. The van der Waals surface area contributed by atoms with Crippen molar-refractivity contribution in [3.05, 3.63) is 95.6 Å². The third-order valence-corrected chi connectivity index (χ3v) is 6.47. The normalized spacial score (nSPS) is 18.5. The van der Waals surface area contributed by atoms with Gasteiger partial charge in [0.1, 0.15) is 11.5 Å². The molecule has 0 spiro atoms. The smallest absolute Gasteiger partial charge is 0.124 e. The molecule has 1 aliphatic rings. The van der Waals surface area contributed by atoms with Crippen LogP contribution in [0.25, 0.3) is 0 Å². The summed E-state index contributed by atoms with van der Waals surface area (Å²) in [4.78, 5) is 0. The third kappa shape index (κ3) is 7.10. The van der Waals surface area contributed by atoms with E-state index >= 15 is 0 Å². The van der Waals surface area contributed by atoms with Gasteiger partial charge in [0.25, 0.3) is 0 Å². The number of benzene rings is 3. The van der Waals surface area contributed by atoms with Gasteiger partial charge in [-0.2, -0.15) is 0 Å². The number of ether oxygens (including phenoxy) is 2. The summed E-state index contributed by atoms with van der Waals surface area (Å²) in [6.45, 7) is 10.8. The fourth-order valence-corrected chi connectivity index (χ4v) is 4.91. The second kappa shape index (κ2) is 12.9. The Bertz CT molecular complexity index is 1000. The number of hydrogen-bond acceptors (Lipinski definition) is 5. The minimum atomic E-state index is 0.148. The van der Waals surface area contributed by atoms with Gasteiger partial charge in [-0.3, -0.25) is 5.43 Å². The van der Waals surface area contributed by atoms with Crippen LogP contribution in [0.15, 0.2) is 78.9 Å². The van der Waals surface area contributed by atoms with E-state index in [0.29, 0.717) is 6.04 Å². The molecule has 0 bridgehead atoms. The standard InChI is InChI=1S/C31H41N3O2/c1-23(2)35-29-18-10-8-15-26(29)21-32-28-17-12-20-34(31(28)25-13-6-5-7-14-25)33-22-27-16-9-11-19-30(27)36-24(3)4/h5-11,13-16,18-19,23-24,28,31-33H,12,17,20-22H2,1-4H3/t28-,31-/m1/s1. The number of hydrogen-bond donors (Lipinski definition) is 2. The van der Waals surface area contributed by atoms with Gasteiger partial charge in [0.05, 0.1) is 18.2 Å². The van der Waals surface area contributed by atoms with Crippen molar-refractivity contribution in [3.63, 3.8) is 0 Å². The van der Waals surface area contributed by atoms with Crippen LogP contribution in [0.1, 0.15) is 63.3 Å². The van der Waals surface area contributed by atoms with Crippen molar-refractivity contribution in [2.24, 2.45) is 0 Å². The number of para-hydroxylation sites is 2. The average molecular weight is 488 g/mol. The van der Waals surface area contributed by atoms with E-state index in [-0.39, 0.29) is 18.2 Å². The molecule has 3 aromatic rings. The predicted molar refractivity (Wildman–Crippen MR) is 147 cm³/mol.